The number of anilines is 1. The molecule has 0 aromatic heterocycles. The minimum atomic E-state index is -0.729. The molecule has 6 nitrogen and oxygen atoms in total. The Labute approximate surface area is 208 Å². The Morgan fingerprint density at radius 2 is 1.85 bits per heavy atom. The number of hydrogen-bond acceptors (Lipinski definition) is 5. The quantitative estimate of drug-likeness (QED) is 0.597. The summed E-state index contributed by atoms with van der Waals surface area (Å²) in [6, 6.07) is 13.1. The van der Waals surface area contributed by atoms with Crippen molar-refractivity contribution >= 4 is 58.5 Å². The van der Waals surface area contributed by atoms with E-state index in [1.54, 1.807) is 12.4 Å². The van der Waals surface area contributed by atoms with Crippen molar-refractivity contribution in [3.8, 4) is 0 Å². The lowest BCUT2D eigenvalue weighted by atomic mass is 9.91. The largest absolute Gasteiger partial charge is 0.333 e. The highest BCUT2D eigenvalue weighted by atomic mass is 35.5. The molecule has 1 aliphatic carbocycles. The summed E-state index contributed by atoms with van der Waals surface area (Å²) in [6.07, 6.45) is 5.76. The summed E-state index contributed by atoms with van der Waals surface area (Å²) >= 11 is 19.0. The van der Waals surface area contributed by atoms with Crippen LogP contribution in [0.15, 0.2) is 57.4 Å². The number of nitrogens with zero attached hydrogens (tertiary/aromatic N) is 4. The first-order valence-corrected chi connectivity index (χ1v) is 12.2. The average molecular weight is 504 g/mol. The molecule has 2 aliphatic heterocycles. The van der Waals surface area contributed by atoms with Gasteiger partial charge < -0.3 is 11.1 Å². The van der Waals surface area contributed by atoms with Crippen LogP contribution in [-0.4, -0.2) is 41.8 Å². The van der Waals surface area contributed by atoms with E-state index in [0.29, 0.717) is 20.9 Å². The zero-order valence-electron chi connectivity index (χ0n) is 18.2. The Morgan fingerprint density at radius 1 is 1.09 bits per heavy atom. The van der Waals surface area contributed by atoms with Gasteiger partial charge in [0, 0.05) is 27.3 Å². The monoisotopic (exact) mass is 502 g/mol. The molecule has 2 heterocycles. The molecule has 172 valence electrons. The second kappa shape index (κ2) is 8.91. The summed E-state index contributed by atoms with van der Waals surface area (Å²) < 4.78 is 0. The van der Waals surface area contributed by atoms with Gasteiger partial charge in [-0.15, -0.1) is 0 Å². The highest BCUT2D eigenvalue weighted by molar-refractivity contribution is 6.38. The van der Waals surface area contributed by atoms with Crippen molar-refractivity contribution in [3.63, 3.8) is 0 Å². The fraction of sp³-hybridized carbons (Fsp3) is 0.375. The van der Waals surface area contributed by atoms with Gasteiger partial charge in [0.2, 0.25) is 0 Å². The van der Waals surface area contributed by atoms with Crippen molar-refractivity contribution in [3.05, 3.63) is 63.1 Å². The molecule has 4 atom stereocenters. The van der Waals surface area contributed by atoms with Crippen molar-refractivity contribution in [1.29, 1.82) is 0 Å². The predicted molar refractivity (Wildman–Crippen MR) is 138 cm³/mol. The molecular formula is C24H25Cl3N6. The van der Waals surface area contributed by atoms with Crippen LogP contribution in [-0.2, 0) is 0 Å². The van der Waals surface area contributed by atoms with Crippen molar-refractivity contribution in [1.82, 2.24) is 5.32 Å². The topological polar surface area (TPSA) is 78.4 Å². The van der Waals surface area contributed by atoms with Gasteiger partial charge in [0.25, 0.3) is 0 Å². The Balaban J connectivity index is 1.62. The molecule has 0 radical (unpaired) electrons. The summed E-state index contributed by atoms with van der Waals surface area (Å²) in [6.45, 7) is 2.06. The van der Waals surface area contributed by atoms with Gasteiger partial charge in [0.05, 0.1) is 17.4 Å². The minimum absolute atomic E-state index is 0.175. The van der Waals surface area contributed by atoms with Gasteiger partial charge in [-0.1, -0.05) is 34.8 Å². The van der Waals surface area contributed by atoms with Crippen LogP contribution in [0.5, 0.6) is 0 Å². The first-order chi connectivity index (χ1) is 15.8. The second-order valence-electron chi connectivity index (χ2n) is 8.88. The number of amidine groups is 2. The van der Waals surface area contributed by atoms with Crippen LogP contribution < -0.4 is 16.0 Å². The Kier molecular flexibility index (Phi) is 6.12. The normalized spacial score (nSPS) is 30.2. The number of benzene rings is 2. The van der Waals surface area contributed by atoms with Gasteiger partial charge in [0.1, 0.15) is 11.7 Å². The Hall–Kier alpha value is -2.12. The van der Waals surface area contributed by atoms with Gasteiger partial charge in [-0.25, -0.2) is 4.99 Å². The van der Waals surface area contributed by atoms with Crippen LogP contribution in [0.3, 0.4) is 0 Å². The summed E-state index contributed by atoms with van der Waals surface area (Å²) in [5.41, 5.74) is 7.17. The Morgan fingerprint density at radius 3 is 2.58 bits per heavy atom. The van der Waals surface area contributed by atoms with Gasteiger partial charge in [0.15, 0.2) is 11.7 Å². The molecule has 2 aromatic carbocycles. The van der Waals surface area contributed by atoms with Crippen molar-refractivity contribution in [2.24, 2.45) is 20.7 Å². The predicted octanol–water partition coefficient (Wildman–Crippen LogP) is 5.30. The zero-order chi connectivity index (χ0) is 23.2. The standard InChI is InChI=1S/C24H25Cl3N6/c1-24-21(22(29-13-30-24)31-17-4-2-3-16(28)12-17)32-23(19-10-7-15(26)11-20(19)27)33(24)18-8-5-14(25)6-9-18/h5-11,13,16-17,21H,2-4,12,28H2,1H3,(H,29,30,31). The summed E-state index contributed by atoms with van der Waals surface area (Å²) in [7, 11) is 0. The van der Waals surface area contributed by atoms with Crippen molar-refractivity contribution in [2.75, 3.05) is 4.90 Å². The lowest BCUT2D eigenvalue weighted by molar-refractivity contribution is 0.390. The molecule has 0 spiro atoms. The van der Waals surface area contributed by atoms with E-state index in [1.165, 1.54) is 0 Å². The third-order valence-corrected chi connectivity index (χ3v) is 7.30. The zero-order valence-corrected chi connectivity index (χ0v) is 20.4. The maximum atomic E-state index is 6.63. The van der Waals surface area contributed by atoms with Crippen LogP contribution in [0.4, 0.5) is 5.69 Å². The molecule has 0 saturated heterocycles. The molecule has 1 saturated carbocycles. The SMILES string of the molecule is CC12N=CNC(=NC3CCCC(N)C3)C1N=C(c1ccc(Cl)cc1Cl)N2c1ccc(Cl)cc1. The smallest absolute Gasteiger partial charge is 0.166 e. The molecule has 3 N–H and O–H groups in total. The number of aliphatic imine (C=N–C) groups is 3. The van der Waals surface area contributed by atoms with Crippen molar-refractivity contribution in [2.45, 2.75) is 56.4 Å². The van der Waals surface area contributed by atoms with Crippen LogP contribution in [0.25, 0.3) is 0 Å². The van der Waals surface area contributed by atoms with E-state index in [1.807, 2.05) is 36.4 Å². The summed E-state index contributed by atoms with van der Waals surface area (Å²) in [5, 5.41) is 5.02. The lowest BCUT2D eigenvalue weighted by Gasteiger charge is -2.39. The number of rotatable bonds is 3. The van der Waals surface area contributed by atoms with E-state index in [4.69, 9.17) is 55.5 Å². The third kappa shape index (κ3) is 4.26. The lowest BCUT2D eigenvalue weighted by Crippen LogP contribution is -2.58. The molecule has 2 aromatic rings. The molecule has 3 aliphatic rings. The number of halogens is 3. The minimum Gasteiger partial charge on any atom is -0.333 e. The van der Waals surface area contributed by atoms with E-state index in [9.17, 15) is 0 Å². The van der Waals surface area contributed by atoms with Gasteiger partial charge in [-0.3, -0.25) is 14.9 Å². The fourth-order valence-corrected chi connectivity index (χ4v) is 5.47. The third-order valence-electron chi connectivity index (χ3n) is 6.50. The first-order valence-electron chi connectivity index (χ1n) is 11.1. The maximum Gasteiger partial charge on any atom is 0.166 e. The van der Waals surface area contributed by atoms with E-state index < -0.39 is 5.66 Å². The van der Waals surface area contributed by atoms with Crippen LogP contribution >= 0.6 is 34.8 Å². The van der Waals surface area contributed by atoms with Gasteiger partial charge in [-0.05, 0) is 75.1 Å². The molecule has 4 unspecified atom stereocenters. The number of fused-ring (bicyclic) bond motifs is 1. The molecule has 0 bridgehead atoms. The van der Waals surface area contributed by atoms with E-state index in [2.05, 4.69) is 17.1 Å². The molecule has 9 heteroatoms. The first kappa shape index (κ1) is 22.7. The molecular weight excluding hydrogens is 479 g/mol. The summed E-state index contributed by atoms with van der Waals surface area (Å²) in [4.78, 5) is 17.2. The molecule has 33 heavy (non-hydrogen) atoms. The number of nitrogens with two attached hydrogens (primary N) is 1. The van der Waals surface area contributed by atoms with Crippen LogP contribution in [0, 0.1) is 0 Å². The molecule has 0 amide bonds. The summed E-state index contributed by atoms with van der Waals surface area (Å²) in [5.74, 6) is 1.51. The van der Waals surface area contributed by atoms with E-state index >= 15 is 0 Å². The molecule has 1 fully saturated rings. The maximum absolute atomic E-state index is 6.63. The molecule has 5 rings (SSSR count). The Bertz CT molecular complexity index is 1150. The van der Waals surface area contributed by atoms with E-state index in [0.717, 1.165) is 42.8 Å². The fourth-order valence-electron chi connectivity index (χ4n) is 4.85. The highest BCUT2D eigenvalue weighted by Crippen LogP contribution is 2.40. The second-order valence-corrected chi connectivity index (χ2v) is 10.2. The van der Waals surface area contributed by atoms with E-state index in [-0.39, 0.29) is 18.1 Å². The van der Waals surface area contributed by atoms with Crippen molar-refractivity contribution < 1.29 is 0 Å². The number of nitrogens with one attached hydrogen (secondary N) is 1. The highest BCUT2D eigenvalue weighted by Gasteiger charge is 2.52. The van der Waals surface area contributed by atoms with Crippen LogP contribution in [0.2, 0.25) is 15.1 Å². The average Bonchev–Trinajstić information content (AvgIpc) is 3.08. The van der Waals surface area contributed by atoms with Gasteiger partial charge in [-0.2, -0.15) is 0 Å². The van der Waals surface area contributed by atoms with Gasteiger partial charge >= 0.3 is 0 Å². The number of hydrogen-bond donors (Lipinski definition) is 2. The van der Waals surface area contributed by atoms with Crippen LogP contribution in [0.1, 0.15) is 38.2 Å².